The number of carbonyl (C=O) groups is 2. The summed E-state index contributed by atoms with van der Waals surface area (Å²) in [5, 5.41) is 6.50. The number of amidine groups is 1. The topological polar surface area (TPSA) is 98.2 Å². The van der Waals surface area contributed by atoms with Crippen LogP contribution in [0.25, 0.3) is 0 Å². The Hall–Kier alpha value is -3.46. The lowest BCUT2D eigenvalue weighted by Gasteiger charge is -2.26. The van der Waals surface area contributed by atoms with Gasteiger partial charge in [-0.15, -0.1) is 0 Å². The molecule has 0 saturated carbocycles. The standard InChI is InChI=1S/C24H27N3O5S/c1-5-32-23(29)21-15(2)25-24(33-14-20(28)26-16-9-7-6-8-10-16)27-22(21)18-12-11-17(30-3)13-19(18)31-4/h6-13,22H,5,14H2,1-4H3,(H,25,27)(H,26,28)/t22-/m1/s1. The summed E-state index contributed by atoms with van der Waals surface area (Å²) < 4.78 is 16.1. The van der Waals surface area contributed by atoms with Crippen LogP contribution in [0, 0.1) is 0 Å². The van der Waals surface area contributed by atoms with Crippen LogP contribution in [0.3, 0.4) is 0 Å². The van der Waals surface area contributed by atoms with Crippen molar-refractivity contribution in [3.63, 3.8) is 0 Å². The van der Waals surface area contributed by atoms with Crippen molar-refractivity contribution in [3.8, 4) is 11.5 Å². The number of hydrogen-bond donors (Lipinski definition) is 2. The summed E-state index contributed by atoms with van der Waals surface area (Å²) in [4.78, 5) is 29.9. The van der Waals surface area contributed by atoms with E-state index in [2.05, 4.69) is 10.6 Å². The smallest absolute Gasteiger partial charge is 0.338 e. The van der Waals surface area contributed by atoms with Crippen molar-refractivity contribution in [1.29, 1.82) is 0 Å². The van der Waals surface area contributed by atoms with Gasteiger partial charge in [0, 0.05) is 23.0 Å². The van der Waals surface area contributed by atoms with Gasteiger partial charge in [0.05, 0.1) is 32.2 Å². The molecule has 33 heavy (non-hydrogen) atoms. The highest BCUT2D eigenvalue weighted by Crippen LogP contribution is 2.39. The Bertz CT molecular complexity index is 1070. The van der Waals surface area contributed by atoms with Crippen LogP contribution in [-0.2, 0) is 14.3 Å². The Kier molecular flexibility index (Phi) is 8.37. The Morgan fingerprint density at radius 1 is 1.12 bits per heavy atom. The van der Waals surface area contributed by atoms with Crippen LogP contribution in [0.4, 0.5) is 5.69 Å². The number of amides is 1. The zero-order valence-electron chi connectivity index (χ0n) is 19.0. The number of thioether (sulfide) groups is 1. The third kappa shape index (κ3) is 6.07. The maximum atomic E-state index is 12.8. The summed E-state index contributed by atoms with van der Waals surface area (Å²) in [6.45, 7) is 3.78. The largest absolute Gasteiger partial charge is 0.497 e. The third-order valence-corrected chi connectivity index (χ3v) is 5.73. The Morgan fingerprint density at radius 3 is 2.55 bits per heavy atom. The van der Waals surface area contributed by atoms with Gasteiger partial charge in [-0.05, 0) is 38.1 Å². The first kappa shape index (κ1) is 24.2. The number of para-hydroxylation sites is 1. The molecule has 3 rings (SSSR count). The molecule has 2 N–H and O–H groups in total. The van der Waals surface area contributed by atoms with Crippen molar-refractivity contribution in [2.24, 2.45) is 4.99 Å². The van der Waals surface area contributed by atoms with E-state index in [1.165, 1.54) is 11.8 Å². The van der Waals surface area contributed by atoms with Gasteiger partial charge in [0.15, 0.2) is 5.17 Å². The zero-order chi connectivity index (χ0) is 23.8. The lowest BCUT2D eigenvalue weighted by atomic mass is 9.95. The van der Waals surface area contributed by atoms with Crippen molar-refractivity contribution in [2.45, 2.75) is 19.9 Å². The predicted molar refractivity (Wildman–Crippen MR) is 130 cm³/mol. The summed E-state index contributed by atoms with van der Waals surface area (Å²) in [6, 6.07) is 13.9. The number of anilines is 1. The zero-order valence-corrected chi connectivity index (χ0v) is 19.8. The third-order valence-electron chi connectivity index (χ3n) is 4.85. The number of esters is 1. The van der Waals surface area contributed by atoms with Crippen molar-refractivity contribution >= 4 is 34.5 Å². The highest BCUT2D eigenvalue weighted by molar-refractivity contribution is 8.14. The second-order valence-corrected chi connectivity index (χ2v) is 8.00. The minimum absolute atomic E-state index is 0.148. The Balaban J connectivity index is 1.86. The van der Waals surface area contributed by atoms with E-state index in [1.54, 1.807) is 40.2 Å². The molecule has 1 atom stereocenters. The van der Waals surface area contributed by atoms with Crippen LogP contribution >= 0.6 is 11.8 Å². The van der Waals surface area contributed by atoms with Crippen molar-refractivity contribution < 1.29 is 23.8 Å². The lowest BCUT2D eigenvalue weighted by Crippen LogP contribution is -2.31. The fraction of sp³-hybridized carbons (Fsp3) is 0.292. The molecule has 0 fully saturated rings. The molecule has 174 valence electrons. The van der Waals surface area contributed by atoms with E-state index in [0.29, 0.717) is 33.5 Å². The number of benzene rings is 2. The van der Waals surface area contributed by atoms with Gasteiger partial charge in [0.25, 0.3) is 0 Å². The van der Waals surface area contributed by atoms with Crippen LogP contribution in [0.1, 0.15) is 25.5 Å². The van der Waals surface area contributed by atoms with E-state index in [0.717, 1.165) is 5.69 Å². The predicted octanol–water partition coefficient (Wildman–Crippen LogP) is 3.91. The summed E-state index contributed by atoms with van der Waals surface area (Å²) in [5.41, 5.74) is 2.41. The average molecular weight is 470 g/mol. The molecule has 1 aliphatic rings. The van der Waals surface area contributed by atoms with Gasteiger partial charge in [-0.3, -0.25) is 4.79 Å². The average Bonchev–Trinajstić information content (AvgIpc) is 2.82. The molecule has 0 radical (unpaired) electrons. The van der Waals surface area contributed by atoms with Crippen LogP contribution in [0.2, 0.25) is 0 Å². The number of rotatable bonds is 8. The quantitative estimate of drug-likeness (QED) is 0.566. The fourth-order valence-electron chi connectivity index (χ4n) is 3.32. The molecule has 0 unspecified atom stereocenters. The van der Waals surface area contributed by atoms with E-state index in [9.17, 15) is 9.59 Å². The van der Waals surface area contributed by atoms with E-state index in [1.807, 2.05) is 36.4 Å². The second kappa shape index (κ2) is 11.4. The normalized spacial score (nSPS) is 15.3. The Labute approximate surface area is 197 Å². The molecule has 1 heterocycles. The van der Waals surface area contributed by atoms with Gasteiger partial charge >= 0.3 is 5.97 Å². The van der Waals surface area contributed by atoms with E-state index < -0.39 is 12.0 Å². The molecule has 8 nitrogen and oxygen atoms in total. The highest BCUT2D eigenvalue weighted by atomic mass is 32.2. The summed E-state index contributed by atoms with van der Waals surface area (Å²) in [7, 11) is 3.12. The number of ether oxygens (including phenoxy) is 3. The van der Waals surface area contributed by atoms with E-state index >= 15 is 0 Å². The molecule has 2 aromatic rings. The summed E-state index contributed by atoms with van der Waals surface area (Å²) in [6.07, 6.45) is 0. The monoisotopic (exact) mass is 469 g/mol. The van der Waals surface area contributed by atoms with E-state index in [-0.39, 0.29) is 18.3 Å². The van der Waals surface area contributed by atoms with Crippen LogP contribution in [0.5, 0.6) is 11.5 Å². The van der Waals surface area contributed by atoms with Gasteiger partial charge in [-0.25, -0.2) is 9.79 Å². The number of allylic oxidation sites excluding steroid dienone is 1. The van der Waals surface area contributed by atoms with Gasteiger partial charge in [0.1, 0.15) is 17.5 Å². The van der Waals surface area contributed by atoms with Crippen molar-refractivity contribution in [3.05, 3.63) is 65.4 Å². The number of carbonyl (C=O) groups excluding carboxylic acids is 2. The van der Waals surface area contributed by atoms with Gasteiger partial charge < -0.3 is 24.8 Å². The molecule has 0 saturated heterocycles. The van der Waals surface area contributed by atoms with E-state index in [4.69, 9.17) is 19.2 Å². The van der Waals surface area contributed by atoms with Gasteiger partial charge in [-0.1, -0.05) is 30.0 Å². The number of nitrogens with zero attached hydrogens (tertiary/aromatic N) is 1. The maximum absolute atomic E-state index is 12.8. The molecular formula is C24H27N3O5S. The van der Waals surface area contributed by atoms with Crippen molar-refractivity contribution in [1.82, 2.24) is 5.32 Å². The first-order chi connectivity index (χ1) is 16.0. The molecular weight excluding hydrogens is 442 g/mol. The lowest BCUT2D eigenvalue weighted by molar-refractivity contribution is -0.139. The van der Waals surface area contributed by atoms with Gasteiger partial charge in [0.2, 0.25) is 5.91 Å². The second-order valence-electron chi connectivity index (χ2n) is 7.03. The molecule has 0 aliphatic carbocycles. The fourth-order valence-corrected chi connectivity index (χ4v) is 4.06. The van der Waals surface area contributed by atoms with Gasteiger partial charge in [-0.2, -0.15) is 0 Å². The number of nitrogens with one attached hydrogen (secondary N) is 2. The highest BCUT2D eigenvalue weighted by Gasteiger charge is 2.32. The van der Waals surface area contributed by atoms with Crippen LogP contribution < -0.4 is 20.1 Å². The molecule has 1 amide bonds. The number of methoxy groups -OCH3 is 2. The molecule has 9 heteroatoms. The van der Waals surface area contributed by atoms with Crippen LogP contribution in [0.15, 0.2) is 64.8 Å². The molecule has 0 bridgehead atoms. The molecule has 1 aliphatic heterocycles. The van der Waals surface area contributed by atoms with Crippen LogP contribution in [-0.4, -0.2) is 43.6 Å². The maximum Gasteiger partial charge on any atom is 0.338 e. The minimum Gasteiger partial charge on any atom is -0.497 e. The van der Waals surface area contributed by atoms with Crippen molar-refractivity contribution in [2.75, 3.05) is 31.9 Å². The number of hydrogen-bond acceptors (Lipinski definition) is 8. The molecule has 2 aromatic carbocycles. The first-order valence-corrected chi connectivity index (χ1v) is 11.4. The minimum atomic E-state index is -0.661. The molecule has 0 aromatic heterocycles. The summed E-state index contributed by atoms with van der Waals surface area (Å²) >= 11 is 1.25. The summed E-state index contributed by atoms with van der Waals surface area (Å²) in [5.74, 6) is 0.687. The Morgan fingerprint density at radius 2 is 1.88 bits per heavy atom. The first-order valence-electron chi connectivity index (χ1n) is 10.4. The SMILES string of the molecule is CCOC(=O)C1=C(C)NC(SCC(=O)Nc2ccccc2)=N[C@@H]1c1ccc(OC)cc1OC. The molecule has 0 spiro atoms. The number of aliphatic imine (C=N–C) groups is 1.